The van der Waals surface area contributed by atoms with Crippen molar-refractivity contribution in [1.82, 2.24) is 10.3 Å². The summed E-state index contributed by atoms with van der Waals surface area (Å²) in [5.74, 6) is -0.589. The lowest BCUT2D eigenvalue weighted by Gasteiger charge is -2.13. The zero-order chi connectivity index (χ0) is 15.9. The van der Waals surface area contributed by atoms with E-state index in [0.717, 1.165) is 21.8 Å². The van der Waals surface area contributed by atoms with Gasteiger partial charge in [0.05, 0.1) is 17.7 Å². The quantitative estimate of drug-likeness (QED) is 0.656. The van der Waals surface area contributed by atoms with E-state index in [1.807, 2.05) is 48.7 Å². The molecule has 1 heterocycles. The Balaban J connectivity index is 2.25. The van der Waals surface area contributed by atoms with Crippen molar-refractivity contribution in [3.63, 3.8) is 0 Å². The van der Waals surface area contributed by atoms with Crippen LogP contribution in [0.4, 0.5) is 0 Å². The van der Waals surface area contributed by atoms with Gasteiger partial charge in [0.2, 0.25) is 5.91 Å². The number of nitriles is 1. The SMILES string of the molecule is C=C(C)CC(C(=O)NCC#N)c1csc(-c2ccccc2)n1. The number of carbonyl (C=O) groups is 1. The van der Waals surface area contributed by atoms with E-state index in [1.165, 1.54) is 11.3 Å². The number of nitrogens with one attached hydrogen (secondary N) is 1. The van der Waals surface area contributed by atoms with Crippen molar-refractivity contribution in [1.29, 1.82) is 5.26 Å². The third-order valence-corrected chi connectivity index (χ3v) is 4.02. The summed E-state index contributed by atoms with van der Waals surface area (Å²) < 4.78 is 0. The lowest BCUT2D eigenvalue weighted by atomic mass is 9.97. The average Bonchev–Trinajstić information content (AvgIpc) is 3.00. The summed E-state index contributed by atoms with van der Waals surface area (Å²) in [6, 6.07) is 11.8. The Labute approximate surface area is 134 Å². The van der Waals surface area contributed by atoms with Gasteiger partial charge < -0.3 is 5.32 Å². The predicted molar refractivity (Wildman–Crippen MR) is 88.3 cm³/mol. The largest absolute Gasteiger partial charge is 0.342 e. The van der Waals surface area contributed by atoms with Crippen LogP contribution in [0.15, 0.2) is 47.9 Å². The highest BCUT2D eigenvalue weighted by Crippen LogP contribution is 2.29. The Morgan fingerprint density at radius 1 is 1.45 bits per heavy atom. The highest BCUT2D eigenvalue weighted by Gasteiger charge is 2.23. The van der Waals surface area contributed by atoms with Crippen molar-refractivity contribution in [3.05, 3.63) is 53.6 Å². The Bertz CT molecular complexity index is 700. The summed E-state index contributed by atoms with van der Waals surface area (Å²) in [4.78, 5) is 16.8. The number of allylic oxidation sites excluding steroid dienone is 1. The molecule has 4 nitrogen and oxygen atoms in total. The molecule has 2 rings (SSSR count). The number of aromatic nitrogens is 1. The second-order valence-electron chi connectivity index (χ2n) is 5.03. The summed E-state index contributed by atoms with van der Waals surface area (Å²) in [7, 11) is 0. The molecule has 22 heavy (non-hydrogen) atoms. The van der Waals surface area contributed by atoms with Gasteiger partial charge in [-0.3, -0.25) is 4.79 Å². The smallest absolute Gasteiger partial charge is 0.230 e. The molecular weight excluding hydrogens is 294 g/mol. The molecule has 0 aliphatic carbocycles. The molecule has 1 unspecified atom stereocenters. The van der Waals surface area contributed by atoms with E-state index in [0.29, 0.717) is 6.42 Å². The maximum Gasteiger partial charge on any atom is 0.230 e. The van der Waals surface area contributed by atoms with Gasteiger partial charge in [-0.1, -0.05) is 35.9 Å². The van der Waals surface area contributed by atoms with E-state index in [-0.39, 0.29) is 12.5 Å². The summed E-state index contributed by atoms with van der Waals surface area (Å²) in [6.45, 7) is 5.76. The van der Waals surface area contributed by atoms with Crippen molar-refractivity contribution >= 4 is 17.2 Å². The second kappa shape index (κ2) is 7.53. The molecule has 0 saturated heterocycles. The van der Waals surface area contributed by atoms with Gasteiger partial charge in [0.1, 0.15) is 11.6 Å². The van der Waals surface area contributed by atoms with Crippen molar-refractivity contribution in [2.45, 2.75) is 19.3 Å². The Morgan fingerprint density at radius 3 is 2.82 bits per heavy atom. The van der Waals surface area contributed by atoms with Crippen molar-refractivity contribution in [2.24, 2.45) is 0 Å². The summed E-state index contributed by atoms with van der Waals surface area (Å²) in [6.07, 6.45) is 0.523. The van der Waals surface area contributed by atoms with E-state index in [1.54, 1.807) is 0 Å². The van der Waals surface area contributed by atoms with Crippen LogP contribution in [-0.4, -0.2) is 17.4 Å². The molecule has 1 atom stereocenters. The van der Waals surface area contributed by atoms with Crippen molar-refractivity contribution < 1.29 is 4.79 Å². The van der Waals surface area contributed by atoms with Crippen LogP contribution >= 0.6 is 11.3 Å². The van der Waals surface area contributed by atoms with Gasteiger partial charge in [-0.2, -0.15) is 5.26 Å². The molecule has 0 fully saturated rings. The van der Waals surface area contributed by atoms with Gasteiger partial charge in [0.15, 0.2) is 0 Å². The van der Waals surface area contributed by atoms with Crippen LogP contribution in [-0.2, 0) is 4.79 Å². The molecule has 0 spiro atoms. The first kappa shape index (κ1) is 15.9. The standard InChI is InChI=1S/C17H17N3OS/c1-12(2)10-14(16(21)19-9-8-18)15-11-22-17(20-15)13-6-4-3-5-7-13/h3-7,11,14H,1,9-10H2,2H3,(H,19,21). The minimum absolute atomic E-state index is 0.00119. The summed E-state index contributed by atoms with van der Waals surface area (Å²) >= 11 is 1.51. The number of benzene rings is 1. The van der Waals surface area contributed by atoms with Crippen molar-refractivity contribution in [3.8, 4) is 16.6 Å². The molecule has 0 bridgehead atoms. The maximum atomic E-state index is 12.2. The van der Waals surface area contributed by atoms with Crippen LogP contribution in [0.1, 0.15) is 25.0 Å². The Morgan fingerprint density at radius 2 is 2.18 bits per heavy atom. The minimum Gasteiger partial charge on any atom is -0.342 e. The number of hydrogen-bond acceptors (Lipinski definition) is 4. The molecule has 0 aliphatic heterocycles. The molecule has 1 aromatic carbocycles. The minimum atomic E-state index is -0.403. The monoisotopic (exact) mass is 311 g/mol. The van der Waals surface area contributed by atoms with E-state index < -0.39 is 5.92 Å². The fourth-order valence-electron chi connectivity index (χ4n) is 2.09. The average molecular weight is 311 g/mol. The van der Waals surface area contributed by atoms with Crippen LogP contribution in [0.3, 0.4) is 0 Å². The van der Waals surface area contributed by atoms with Gasteiger partial charge in [0.25, 0.3) is 0 Å². The molecule has 1 N–H and O–H groups in total. The van der Waals surface area contributed by atoms with Gasteiger partial charge in [-0.05, 0) is 13.3 Å². The molecule has 0 radical (unpaired) electrons. The van der Waals surface area contributed by atoms with E-state index in [4.69, 9.17) is 5.26 Å². The Hall–Kier alpha value is -2.45. The zero-order valence-electron chi connectivity index (χ0n) is 12.4. The zero-order valence-corrected chi connectivity index (χ0v) is 13.2. The molecule has 112 valence electrons. The van der Waals surface area contributed by atoms with Gasteiger partial charge in [-0.25, -0.2) is 4.98 Å². The number of hydrogen-bond donors (Lipinski definition) is 1. The summed E-state index contributed by atoms with van der Waals surface area (Å²) in [5.41, 5.74) is 2.67. The lowest BCUT2D eigenvalue weighted by Crippen LogP contribution is -2.30. The topological polar surface area (TPSA) is 65.8 Å². The second-order valence-corrected chi connectivity index (χ2v) is 5.89. The van der Waals surface area contributed by atoms with E-state index in [9.17, 15) is 4.79 Å². The fourth-order valence-corrected chi connectivity index (χ4v) is 2.97. The molecule has 1 aromatic heterocycles. The fraction of sp³-hybridized carbons (Fsp3) is 0.235. The molecule has 0 aliphatic rings. The van der Waals surface area contributed by atoms with Gasteiger partial charge in [-0.15, -0.1) is 17.9 Å². The third-order valence-electron chi connectivity index (χ3n) is 3.11. The van der Waals surface area contributed by atoms with Crippen LogP contribution in [0.2, 0.25) is 0 Å². The molecule has 1 amide bonds. The van der Waals surface area contributed by atoms with E-state index >= 15 is 0 Å². The van der Waals surface area contributed by atoms with Crippen LogP contribution in [0, 0.1) is 11.3 Å². The number of amides is 1. The summed E-state index contributed by atoms with van der Waals surface area (Å²) in [5, 5.41) is 14.0. The third kappa shape index (κ3) is 4.03. The highest BCUT2D eigenvalue weighted by molar-refractivity contribution is 7.13. The number of thiazole rings is 1. The number of nitrogens with zero attached hydrogens (tertiary/aromatic N) is 2. The van der Waals surface area contributed by atoms with Gasteiger partial charge >= 0.3 is 0 Å². The molecule has 0 saturated carbocycles. The first-order valence-electron chi connectivity index (χ1n) is 6.91. The highest BCUT2D eigenvalue weighted by atomic mass is 32.1. The van der Waals surface area contributed by atoms with Crippen LogP contribution in [0.25, 0.3) is 10.6 Å². The molecular formula is C17H17N3OS. The predicted octanol–water partition coefficient (Wildman–Crippen LogP) is 3.50. The first-order valence-corrected chi connectivity index (χ1v) is 7.79. The van der Waals surface area contributed by atoms with Crippen LogP contribution in [0.5, 0.6) is 0 Å². The first-order chi connectivity index (χ1) is 10.6. The number of carbonyl (C=O) groups excluding carboxylic acids is 1. The van der Waals surface area contributed by atoms with Crippen molar-refractivity contribution in [2.75, 3.05) is 6.54 Å². The molecule has 2 aromatic rings. The normalized spacial score (nSPS) is 11.5. The lowest BCUT2D eigenvalue weighted by molar-refractivity contribution is -0.122. The maximum absolute atomic E-state index is 12.2. The number of rotatable bonds is 6. The van der Waals surface area contributed by atoms with Gasteiger partial charge in [0, 0.05) is 10.9 Å². The van der Waals surface area contributed by atoms with E-state index in [2.05, 4.69) is 16.9 Å². The Kier molecular flexibility index (Phi) is 5.45. The molecule has 5 heteroatoms. The van der Waals surface area contributed by atoms with Crippen LogP contribution < -0.4 is 5.32 Å².